The number of benzene rings is 1. The number of ether oxygens (including phenoxy) is 1. The van der Waals surface area contributed by atoms with Gasteiger partial charge in [-0.3, -0.25) is 4.79 Å². The zero-order chi connectivity index (χ0) is 15.6. The van der Waals surface area contributed by atoms with Crippen LogP contribution in [-0.2, 0) is 11.0 Å². The largest absolute Gasteiger partial charge is 0.492 e. The molecule has 0 spiro atoms. The van der Waals surface area contributed by atoms with Crippen molar-refractivity contribution in [1.29, 1.82) is 0 Å². The highest BCUT2D eigenvalue weighted by molar-refractivity contribution is 5.71. The second-order valence-electron chi connectivity index (χ2n) is 5.56. The Bertz CT molecular complexity index is 475. The molecule has 3 nitrogen and oxygen atoms in total. The van der Waals surface area contributed by atoms with Gasteiger partial charge in [0.05, 0.1) is 11.5 Å². The highest BCUT2D eigenvalue weighted by atomic mass is 19.4. The van der Waals surface area contributed by atoms with Crippen LogP contribution in [0.1, 0.15) is 26.3 Å². The molecule has 0 saturated carbocycles. The van der Waals surface area contributed by atoms with E-state index in [0.29, 0.717) is 0 Å². The van der Waals surface area contributed by atoms with Crippen molar-refractivity contribution >= 4 is 5.97 Å². The number of halogens is 3. The van der Waals surface area contributed by atoms with Crippen LogP contribution < -0.4 is 4.74 Å². The lowest BCUT2D eigenvalue weighted by molar-refractivity contribution is -0.147. The van der Waals surface area contributed by atoms with Crippen molar-refractivity contribution in [2.24, 2.45) is 11.3 Å². The fraction of sp³-hybridized carbons (Fsp3) is 0.500. The normalized spacial score (nSPS) is 13.9. The summed E-state index contributed by atoms with van der Waals surface area (Å²) in [6.45, 7) is 4.78. The lowest BCUT2D eigenvalue weighted by Gasteiger charge is -2.27. The zero-order valence-electron chi connectivity index (χ0n) is 11.5. The Labute approximate surface area is 115 Å². The van der Waals surface area contributed by atoms with Gasteiger partial charge in [0.15, 0.2) is 0 Å². The highest BCUT2D eigenvalue weighted by Crippen LogP contribution is 2.36. The third kappa shape index (κ3) is 4.15. The molecule has 0 amide bonds. The van der Waals surface area contributed by atoms with Gasteiger partial charge in [-0.05, 0) is 17.5 Å². The smallest absolute Gasteiger partial charge is 0.419 e. The van der Waals surface area contributed by atoms with Gasteiger partial charge in [-0.15, -0.1) is 0 Å². The van der Waals surface area contributed by atoms with Crippen molar-refractivity contribution in [3.8, 4) is 5.75 Å². The van der Waals surface area contributed by atoms with Gasteiger partial charge >= 0.3 is 12.1 Å². The third-order valence-corrected chi connectivity index (χ3v) is 2.94. The Morgan fingerprint density at radius 1 is 1.25 bits per heavy atom. The van der Waals surface area contributed by atoms with E-state index in [1.807, 2.05) is 0 Å². The Kier molecular flexibility index (Phi) is 4.68. The number of carboxylic acids is 1. The van der Waals surface area contributed by atoms with Crippen LogP contribution in [0, 0.1) is 11.3 Å². The maximum Gasteiger partial charge on any atom is 0.419 e. The summed E-state index contributed by atoms with van der Waals surface area (Å²) in [5.41, 5.74) is -1.52. The summed E-state index contributed by atoms with van der Waals surface area (Å²) in [7, 11) is 0. The van der Waals surface area contributed by atoms with Crippen LogP contribution in [0.3, 0.4) is 0 Å². The first-order valence-electron chi connectivity index (χ1n) is 6.05. The van der Waals surface area contributed by atoms with Crippen LogP contribution in [-0.4, -0.2) is 17.7 Å². The number of carbonyl (C=O) groups is 1. The standard InChI is InChI=1S/C14H17F3O3/c1-13(2,3)10(12(18)19)8-20-11-7-5-4-6-9(11)14(15,16)17/h4-7,10H,8H2,1-3H3,(H,18,19). The minimum absolute atomic E-state index is 0.314. The summed E-state index contributed by atoms with van der Waals surface area (Å²) in [6, 6.07) is 4.76. The van der Waals surface area contributed by atoms with Gasteiger partial charge in [0, 0.05) is 0 Å². The van der Waals surface area contributed by atoms with Gasteiger partial charge in [0.1, 0.15) is 12.4 Å². The average Bonchev–Trinajstić information content (AvgIpc) is 2.26. The molecule has 1 atom stereocenters. The van der Waals surface area contributed by atoms with Crippen LogP contribution in [0.25, 0.3) is 0 Å². The molecule has 1 aromatic carbocycles. The van der Waals surface area contributed by atoms with Crippen LogP contribution in [0.15, 0.2) is 24.3 Å². The maximum absolute atomic E-state index is 12.8. The summed E-state index contributed by atoms with van der Waals surface area (Å²) >= 11 is 0. The first kappa shape index (κ1) is 16.3. The van der Waals surface area contributed by atoms with Crippen molar-refractivity contribution in [3.05, 3.63) is 29.8 Å². The Balaban J connectivity index is 2.93. The number of hydrogen-bond acceptors (Lipinski definition) is 2. The number of carboxylic acid groups (broad SMARTS) is 1. The molecule has 6 heteroatoms. The summed E-state index contributed by atoms with van der Waals surface area (Å²) in [5.74, 6) is -2.35. The molecule has 1 N–H and O–H groups in total. The molecular formula is C14H17F3O3. The van der Waals surface area contributed by atoms with E-state index < -0.39 is 29.0 Å². The second kappa shape index (κ2) is 5.73. The molecular weight excluding hydrogens is 273 g/mol. The molecule has 1 aromatic rings. The topological polar surface area (TPSA) is 46.5 Å². The minimum atomic E-state index is -4.53. The predicted molar refractivity (Wildman–Crippen MR) is 67.5 cm³/mol. The van der Waals surface area contributed by atoms with E-state index in [1.165, 1.54) is 18.2 Å². The molecule has 1 rings (SSSR count). The first-order chi connectivity index (χ1) is 9.03. The molecule has 0 bridgehead atoms. The molecule has 0 heterocycles. The SMILES string of the molecule is CC(C)(C)C(COc1ccccc1C(F)(F)F)C(=O)O. The summed E-state index contributed by atoms with van der Waals surface area (Å²) in [4.78, 5) is 11.1. The predicted octanol–water partition coefficient (Wildman–Crippen LogP) is 3.83. The van der Waals surface area contributed by atoms with Gasteiger partial charge in [-0.25, -0.2) is 0 Å². The van der Waals surface area contributed by atoms with E-state index in [-0.39, 0.29) is 12.4 Å². The molecule has 0 aromatic heterocycles. The number of rotatable bonds is 4. The van der Waals surface area contributed by atoms with Gasteiger partial charge < -0.3 is 9.84 Å². The lowest BCUT2D eigenvalue weighted by Crippen LogP contribution is -2.33. The quantitative estimate of drug-likeness (QED) is 0.916. The minimum Gasteiger partial charge on any atom is -0.492 e. The molecule has 0 aliphatic heterocycles. The van der Waals surface area contributed by atoms with Crippen LogP contribution in [0.2, 0.25) is 0 Å². The van der Waals surface area contributed by atoms with Gasteiger partial charge in [0.2, 0.25) is 0 Å². The van der Waals surface area contributed by atoms with Crippen molar-refractivity contribution in [2.75, 3.05) is 6.61 Å². The van der Waals surface area contributed by atoms with Gasteiger partial charge in [0.25, 0.3) is 0 Å². The second-order valence-corrected chi connectivity index (χ2v) is 5.56. The van der Waals surface area contributed by atoms with E-state index in [1.54, 1.807) is 20.8 Å². The van der Waals surface area contributed by atoms with Crippen molar-refractivity contribution < 1.29 is 27.8 Å². The van der Waals surface area contributed by atoms with Crippen molar-refractivity contribution in [1.82, 2.24) is 0 Å². The summed E-state index contributed by atoms with van der Waals surface area (Å²) in [6.07, 6.45) is -4.53. The highest BCUT2D eigenvalue weighted by Gasteiger charge is 2.36. The summed E-state index contributed by atoms with van der Waals surface area (Å²) in [5, 5.41) is 9.11. The molecule has 0 saturated heterocycles. The van der Waals surface area contributed by atoms with E-state index >= 15 is 0 Å². The molecule has 20 heavy (non-hydrogen) atoms. The van der Waals surface area contributed by atoms with Gasteiger partial charge in [-0.2, -0.15) is 13.2 Å². The third-order valence-electron chi connectivity index (χ3n) is 2.94. The summed E-state index contributed by atoms with van der Waals surface area (Å²) < 4.78 is 43.4. The maximum atomic E-state index is 12.8. The fourth-order valence-corrected chi connectivity index (χ4v) is 1.69. The Morgan fingerprint density at radius 2 is 1.80 bits per heavy atom. The fourth-order valence-electron chi connectivity index (χ4n) is 1.69. The van der Waals surface area contributed by atoms with E-state index in [4.69, 9.17) is 9.84 Å². The zero-order valence-corrected chi connectivity index (χ0v) is 11.5. The average molecular weight is 290 g/mol. The molecule has 0 aliphatic rings. The molecule has 0 aliphatic carbocycles. The molecule has 0 fully saturated rings. The Morgan fingerprint density at radius 3 is 2.25 bits per heavy atom. The lowest BCUT2D eigenvalue weighted by atomic mass is 9.81. The number of aliphatic carboxylic acids is 1. The van der Waals surface area contributed by atoms with E-state index in [0.717, 1.165) is 6.07 Å². The molecule has 0 radical (unpaired) electrons. The van der Waals surface area contributed by atoms with Crippen LogP contribution >= 0.6 is 0 Å². The monoisotopic (exact) mass is 290 g/mol. The van der Waals surface area contributed by atoms with Crippen molar-refractivity contribution in [2.45, 2.75) is 26.9 Å². The number of hydrogen-bond donors (Lipinski definition) is 1. The molecule has 1 unspecified atom stereocenters. The van der Waals surface area contributed by atoms with Crippen LogP contribution in [0.5, 0.6) is 5.75 Å². The number of alkyl halides is 3. The van der Waals surface area contributed by atoms with E-state index in [2.05, 4.69) is 0 Å². The van der Waals surface area contributed by atoms with E-state index in [9.17, 15) is 18.0 Å². The van der Waals surface area contributed by atoms with Crippen LogP contribution in [0.4, 0.5) is 13.2 Å². The Hall–Kier alpha value is -1.72. The van der Waals surface area contributed by atoms with Crippen molar-refractivity contribution in [3.63, 3.8) is 0 Å². The number of para-hydroxylation sites is 1. The molecule has 112 valence electrons. The van der Waals surface area contributed by atoms with Gasteiger partial charge in [-0.1, -0.05) is 32.9 Å². The first-order valence-corrected chi connectivity index (χ1v) is 6.05.